The smallest absolute Gasteiger partial charge is 0.335 e. The summed E-state index contributed by atoms with van der Waals surface area (Å²) in [5.74, 6) is -0.894. The summed E-state index contributed by atoms with van der Waals surface area (Å²) >= 11 is 0. The molecule has 100 valence electrons. The highest BCUT2D eigenvalue weighted by Crippen LogP contribution is 2.10. The van der Waals surface area contributed by atoms with Crippen molar-refractivity contribution in [3.05, 3.63) is 35.1 Å². The van der Waals surface area contributed by atoms with E-state index in [2.05, 4.69) is 5.32 Å². The summed E-state index contributed by atoms with van der Waals surface area (Å²) in [6.07, 6.45) is 2.37. The Morgan fingerprint density at radius 3 is 2.83 bits per heavy atom. The van der Waals surface area contributed by atoms with Gasteiger partial charge in [0.15, 0.2) is 0 Å². The number of carboxylic acid groups (broad SMARTS) is 1. The van der Waals surface area contributed by atoms with E-state index in [-0.39, 0.29) is 12.1 Å². The third-order valence-electron chi connectivity index (χ3n) is 2.39. The van der Waals surface area contributed by atoms with Crippen LogP contribution >= 0.6 is 0 Å². The summed E-state index contributed by atoms with van der Waals surface area (Å²) in [7, 11) is -0.820. The number of hydrogen-bond donors (Lipinski definition) is 2. The monoisotopic (exact) mass is 273 g/mol. The van der Waals surface area contributed by atoms with E-state index in [1.807, 2.05) is 0 Å². The lowest BCUT2D eigenvalue weighted by Crippen LogP contribution is -2.17. The molecular weight excluding hydrogens is 257 g/mol. The Bertz CT molecular complexity index is 451. The summed E-state index contributed by atoms with van der Waals surface area (Å²) in [6.45, 7) is 0.889. The van der Waals surface area contributed by atoms with Crippen LogP contribution in [0, 0.1) is 5.82 Å². The molecule has 0 aliphatic carbocycles. The Hall–Kier alpha value is -1.27. The van der Waals surface area contributed by atoms with Crippen molar-refractivity contribution < 1.29 is 18.5 Å². The molecule has 0 heterocycles. The Labute approximate surface area is 108 Å². The highest BCUT2D eigenvalue weighted by atomic mass is 32.2. The highest BCUT2D eigenvalue weighted by molar-refractivity contribution is 7.84. The van der Waals surface area contributed by atoms with E-state index < -0.39 is 22.6 Å². The van der Waals surface area contributed by atoms with E-state index in [0.29, 0.717) is 17.9 Å². The first kappa shape index (κ1) is 14.8. The molecule has 1 unspecified atom stereocenters. The van der Waals surface area contributed by atoms with Crippen LogP contribution in [0.15, 0.2) is 18.2 Å². The third-order valence-corrected chi connectivity index (χ3v) is 3.26. The summed E-state index contributed by atoms with van der Waals surface area (Å²) in [4.78, 5) is 10.7. The highest BCUT2D eigenvalue weighted by Gasteiger charge is 2.07. The van der Waals surface area contributed by atoms with E-state index in [4.69, 9.17) is 5.11 Å². The lowest BCUT2D eigenvalue weighted by molar-refractivity contribution is 0.0696. The van der Waals surface area contributed by atoms with E-state index in [1.54, 1.807) is 6.26 Å². The predicted molar refractivity (Wildman–Crippen MR) is 68.6 cm³/mol. The largest absolute Gasteiger partial charge is 0.478 e. The molecule has 0 aliphatic heterocycles. The van der Waals surface area contributed by atoms with E-state index >= 15 is 0 Å². The standard InChI is InChI=1S/C12H16FNO3S/c1-18(17)6-2-5-14-8-10-7-9(12(15)16)3-4-11(10)13/h3-4,7,14H,2,5-6,8H2,1H3,(H,15,16). The van der Waals surface area contributed by atoms with Crippen LogP contribution in [0.4, 0.5) is 4.39 Å². The van der Waals surface area contributed by atoms with Crippen LogP contribution in [-0.4, -0.2) is 33.8 Å². The zero-order valence-corrected chi connectivity index (χ0v) is 10.9. The van der Waals surface area contributed by atoms with Crippen LogP contribution in [0.1, 0.15) is 22.3 Å². The minimum atomic E-state index is -1.07. The average molecular weight is 273 g/mol. The topological polar surface area (TPSA) is 66.4 Å². The lowest BCUT2D eigenvalue weighted by atomic mass is 10.1. The normalized spacial score (nSPS) is 12.3. The number of aromatic carboxylic acids is 1. The van der Waals surface area contributed by atoms with Gasteiger partial charge in [-0.2, -0.15) is 0 Å². The van der Waals surface area contributed by atoms with Crippen LogP contribution in [-0.2, 0) is 17.3 Å². The van der Waals surface area contributed by atoms with Gasteiger partial charge in [-0.3, -0.25) is 4.21 Å². The summed E-state index contributed by atoms with van der Waals surface area (Å²) < 4.78 is 24.2. The first-order chi connectivity index (χ1) is 8.50. The van der Waals surface area contributed by atoms with Crippen molar-refractivity contribution >= 4 is 16.8 Å². The Kier molecular flexibility index (Phi) is 5.94. The van der Waals surface area contributed by atoms with Gasteiger partial charge in [-0.1, -0.05) is 0 Å². The molecule has 0 saturated carbocycles. The van der Waals surface area contributed by atoms with Crippen molar-refractivity contribution in [2.45, 2.75) is 13.0 Å². The van der Waals surface area contributed by atoms with Gasteiger partial charge in [-0.25, -0.2) is 9.18 Å². The number of nitrogens with one attached hydrogen (secondary N) is 1. The summed E-state index contributed by atoms with van der Waals surface area (Å²) in [5.41, 5.74) is 0.399. The molecule has 6 heteroatoms. The molecule has 0 aliphatic rings. The minimum Gasteiger partial charge on any atom is -0.478 e. The molecule has 1 atom stereocenters. The predicted octanol–water partition coefficient (Wildman–Crippen LogP) is 1.38. The molecule has 0 aromatic heterocycles. The molecule has 18 heavy (non-hydrogen) atoms. The maximum atomic E-state index is 13.4. The molecule has 0 spiro atoms. The van der Waals surface area contributed by atoms with E-state index in [9.17, 15) is 13.4 Å². The number of carboxylic acids is 1. The van der Waals surface area contributed by atoms with E-state index in [0.717, 1.165) is 12.5 Å². The number of halogens is 1. The van der Waals surface area contributed by atoms with Crippen molar-refractivity contribution in [3.8, 4) is 0 Å². The number of hydrogen-bond acceptors (Lipinski definition) is 3. The quantitative estimate of drug-likeness (QED) is 0.737. The third kappa shape index (κ3) is 4.93. The first-order valence-corrected chi connectivity index (χ1v) is 7.26. The van der Waals surface area contributed by atoms with Gasteiger partial charge in [0.25, 0.3) is 0 Å². The maximum Gasteiger partial charge on any atom is 0.335 e. The zero-order chi connectivity index (χ0) is 13.5. The summed E-state index contributed by atoms with van der Waals surface area (Å²) in [6, 6.07) is 3.71. The molecule has 0 saturated heterocycles. The van der Waals surface area contributed by atoms with Gasteiger partial charge < -0.3 is 10.4 Å². The fourth-order valence-electron chi connectivity index (χ4n) is 1.47. The Balaban J connectivity index is 2.48. The second-order valence-electron chi connectivity index (χ2n) is 3.92. The van der Waals surface area contributed by atoms with Crippen LogP contribution in [0.25, 0.3) is 0 Å². The minimum absolute atomic E-state index is 0.0721. The van der Waals surface area contributed by atoms with Crippen LogP contribution in [0.5, 0.6) is 0 Å². The summed E-state index contributed by atoms with van der Waals surface area (Å²) in [5, 5.41) is 11.8. The van der Waals surface area contributed by atoms with Crippen molar-refractivity contribution in [1.29, 1.82) is 0 Å². The van der Waals surface area contributed by atoms with Gasteiger partial charge in [0, 0.05) is 34.9 Å². The lowest BCUT2D eigenvalue weighted by Gasteiger charge is -2.06. The van der Waals surface area contributed by atoms with Gasteiger partial charge in [0.1, 0.15) is 5.82 Å². The van der Waals surface area contributed by atoms with Crippen molar-refractivity contribution in [2.24, 2.45) is 0 Å². The second kappa shape index (κ2) is 7.23. The number of rotatable bonds is 7. The molecule has 0 amide bonds. The molecule has 2 N–H and O–H groups in total. The van der Waals surface area contributed by atoms with Crippen molar-refractivity contribution in [3.63, 3.8) is 0 Å². The van der Waals surface area contributed by atoms with Gasteiger partial charge in [0.2, 0.25) is 0 Å². The van der Waals surface area contributed by atoms with Crippen molar-refractivity contribution in [2.75, 3.05) is 18.6 Å². The molecule has 0 bridgehead atoms. The number of benzene rings is 1. The fraction of sp³-hybridized carbons (Fsp3) is 0.417. The van der Waals surface area contributed by atoms with Gasteiger partial charge in [0.05, 0.1) is 5.56 Å². The zero-order valence-electron chi connectivity index (χ0n) is 10.1. The molecule has 1 rings (SSSR count). The van der Waals surface area contributed by atoms with Crippen LogP contribution in [0.2, 0.25) is 0 Å². The SMILES string of the molecule is CS(=O)CCCNCc1cc(C(=O)O)ccc1F. The van der Waals surface area contributed by atoms with Crippen molar-refractivity contribution in [1.82, 2.24) is 5.32 Å². The Morgan fingerprint density at radius 1 is 1.50 bits per heavy atom. The second-order valence-corrected chi connectivity index (χ2v) is 5.47. The molecular formula is C12H16FNO3S. The Morgan fingerprint density at radius 2 is 2.22 bits per heavy atom. The molecule has 4 nitrogen and oxygen atoms in total. The van der Waals surface area contributed by atoms with Crippen LogP contribution in [0.3, 0.4) is 0 Å². The van der Waals surface area contributed by atoms with Gasteiger partial charge in [-0.15, -0.1) is 0 Å². The fourth-order valence-corrected chi connectivity index (χ4v) is 2.02. The maximum absolute atomic E-state index is 13.4. The van der Waals surface area contributed by atoms with Gasteiger partial charge >= 0.3 is 5.97 Å². The van der Waals surface area contributed by atoms with Crippen LogP contribution < -0.4 is 5.32 Å². The van der Waals surface area contributed by atoms with E-state index in [1.165, 1.54) is 12.1 Å². The molecule has 1 aromatic carbocycles. The number of carbonyl (C=O) groups is 1. The average Bonchev–Trinajstić information content (AvgIpc) is 2.30. The van der Waals surface area contributed by atoms with Gasteiger partial charge in [-0.05, 0) is 31.2 Å². The molecule has 0 radical (unpaired) electrons. The molecule has 0 fully saturated rings. The molecule has 1 aromatic rings. The first-order valence-electron chi connectivity index (χ1n) is 5.53.